The van der Waals surface area contributed by atoms with Crippen molar-refractivity contribution in [3.8, 4) is 0 Å². The Hall–Kier alpha value is -2.42. The number of hydrogen-bond donors (Lipinski definition) is 3. The van der Waals surface area contributed by atoms with Gasteiger partial charge < -0.3 is 5.32 Å². The lowest BCUT2D eigenvalue weighted by Crippen LogP contribution is -2.27. The number of carbonyl (C=O) groups excluding carboxylic acids is 1. The average molecular weight is 396 g/mol. The summed E-state index contributed by atoms with van der Waals surface area (Å²) >= 11 is 0. The predicted molar refractivity (Wildman–Crippen MR) is 102 cm³/mol. The van der Waals surface area contributed by atoms with Crippen molar-refractivity contribution in [2.24, 2.45) is 0 Å². The van der Waals surface area contributed by atoms with Gasteiger partial charge in [-0.05, 0) is 30.7 Å². The fraction of sp³-hybridized carbons (Fsp3) is 0.444. The zero-order valence-electron chi connectivity index (χ0n) is 16.1. The Balaban J connectivity index is 2.02. The number of nitrogens with one attached hydrogen (secondary N) is 3. The largest absolute Gasteiger partial charge is 0.350 e. The summed E-state index contributed by atoms with van der Waals surface area (Å²) in [5.41, 5.74) is 1.88. The quantitative estimate of drug-likeness (QED) is 0.698. The zero-order chi connectivity index (χ0) is 20.4. The molecule has 0 spiro atoms. The molecule has 3 N–H and O–H groups in total. The summed E-state index contributed by atoms with van der Waals surface area (Å²) in [6, 6.07) is 5.89. The minimum atomic E-state index is -3.58. The normalized spacial score (nSPS) is 13.3. The molecule has 1 aromatic heterocycles. The first kappa shape index (κ1) is 20.9. The van der Waals surface area contributed by atoms with Gasteiger partial charge in [0.1, 0.15) is 5.82 Å². The molecule has 2 rings (SSSR count). The van der Waals surface area contributed by atoms with Gasteiger partial charge in [0, 0.05) is 5.41 Å². The van der Waals surface area contributed by atoms with E-state index >= 15 is 0 Å². The maximum Gasteiger partial charge on any atom is 0.229 e. The van der Waals surface area contributed by atoms with Crippen molar-refractivity contribution in [1.82, 2.24) is 15.5 Å². The average Bonchev–Trinajstić information content (AvgIpc) is 3.02. The van der Waals surface area contributed by atoms with Crippen LogP contribution in [-0.4, -0.2) is 30.8 Å². The van der Waals surface area contributed by atoms with Crippen LogP contribution in [0.2, 0.25) is 0 Å². The van der Waals surface area contributed by atoms with Crippen molar-refractivity contribution in [2.75, 3.05) is 11.0 Å². The summed E-state index contributed by atoms with van der Waals surface area (Å²) in [6.07, 6.45) is 0.941. The third-order valence-corrected chi connectivity index (χ3v) is 4.62. The number of nitrogens with zero attached hydrogens (tertiary/aromatic N) is 1. The highest BCUT2D eigenvalue weighted by Gasteiger charge is 2.20. The Morgan fingerprint density at radius 2 is 1.96 bits per heavy atom. The molecule has 1 amide bonds. The summed E-state index contributed by atoms with van der Waals surface area (Å²) < 4.78 is 38.6. The molecule has 9 heteroatoms. The van der Waals surface area contributed by atoms with E-state index in [0.29, 0.717) is 5.56 Å². The van der Waals surface area contributed by atoms with Gasteiger partial charge in [0.2, 0.25) is 15.9 Å². The lowest BCUT2D eigenvalue weighted by Gasteiger charge is -2.14. The van der Waals surface area contributed by atoms with E-state index < -0.39 is 21.8 Å². The fourth-order valence-corrected chi connectivity index (χ4v) is 2.97. The van der Waals surface area contributed by atoms with Gasteiger partial charge >= 0.3 is 0 Å². The molecule has 27 heavy (non-hydrogen) atoms. The second-order valence-corrected chi connectivity index (χ2v) is 9.33. The molecule has 0 unspecified atom stereocenters. The second kappa shape index (κ2) is 7.67. The van der Waals surface area contributed by atoms with E-state index in [4.69, 9.17) is 0 Å². The smallest absolute Gasteiger partial charge is 0.229 e. The lowest BCUT2D eigenvalue weighted by atomic mass is 9.92. The molecule has 0 saturated carbocycles. The lowest BCUT2D eigenvalue weighted by molar-refractivity contribution is -0.122. The predicted octanol–water partition coefficient (Wildman–Crippen LogP) is 2.64. The van der Waals surface area contributed by atoms with Crippen LogP contribution in [-0.2, 0) is 26.8 Å². The first-order valence-corrected chi connectivity index (χ1v) is 10.4. The fourth-order valence-electron chi connectivity index (χ4n) is 2.41. The molecule has 0 fully saturated rings. The monoisotopic (exact) mass is 396 g/mol. The van der Waals surface area contributed by atoms with Gasteiger partial charge in [-0.25, -0.2) is 12.8 Å². The van der Waals surface area contributed by atoms with E-state index in [2.05, 4.69) is 20.2 Å². The molecule has 1 atom stereocenters. The van der Waals surface area contributed by atoms with Gasteiger partial charge in [0.25, 0.3) is 0 Å². The molecule has 0 saturated heterocycles. The third-order valence-electron chi connectivity index (χ3n) is 4.03. The number of amides is 1. The number of aromatic nitrogens is 2. The van der Waals surface area contributed by atoms with Crippen molar-refractivity contribution in [3.63, 3.8) is 0 Å². The van der Waals surface area contributed by atoms with Crippen LogP contribution in [0.3, 0.4) is 0 Å². The number of hydrogen-bond acceptors (Lipinski definition) is 4. The van der Waals surface area contributed by atoms with Crippen molar-refractivity contribution < 1.29 is 17.6 Å². The summed E-state index contributed by atoms with van der Waals surface area (Å²) in [7, 11) is -3.58. The van der Waals surface area contributed by atoms with Crippen LogP contribution >= 0.6 is 0 Å². The highest BCUT2D eigenvalue weighted by atomic mass is 32.2. The number of halogens is 1. The van der Waals surface area contributed by atoms with Crippen molar-refractivity contribution in [1.29, 1.82) is 0 Å². The van der Waals surface area contributed by atoms with Crippen molar-refractivity contribution in [2.45, 2.75) is 45.6 Å². The molecular weight excluding hydrogens is 371 g/mol. The summed E-state index contributed by atoms with van der Waals surface area (Å²) in [4.78, 5) is 12.4. The van der Waals surface area contributed by atoms with Gasteiger partial charge in [0.15, 0.2) is 0 Å². The minimum Gasteiger partial charge on any atom is -0.350 e. The number of sulfonamides is 1. The third kappa shape index (κ3) is 5.78. The summed E-state index contributed by atoms with van der Waals surface area (Å²) in [5, 5.41) is 9.92. The van der Waals surface area contributed by atoms with E-state index in [1.165, 1.54) is 12.1 Å². The Morgan fingerprint density at radius 3 is 2.48 bits per heavy atom. The molecule has 2 aromatic rings. The SMILES string of the molecule is C[C@H](C(=O)NCc1cc(C(C)(C)C)n[nH]1)c1ccc(NS(C)(=O)=O)c(F)c1. The topological polar surface area (TPSA) is 104 Å². The molecule has 0 aliphatic carbocycles. The first-order chi connectivity index (χ1) is 12.4. The maximum atomic E-state index is 14.1. The van der Waals surface area contributed by atoms with Crippen LogP contribution in [0.15, 0.2) is 24.3 Å². The number of rotatable bonds is 6. The van der Waals surface area contributed by atoms with E-state index in [1.807, 2.05) is 26.8 Å². The van der Waals surface area contributed by atoms with Crippen LogP contribution in [0.4, 0.5) is 10.1 Å². The Labute approximate surface area is 158 Å². The van der Waals surface area contributed by atoms with Crippen molar-refractivity contribution >= 4 is 21.6 Å². The molecule has 0 bridgehead atoms. The van der Waals surface area contributed by atoms with Crippen LogP contribution in [0.5, 0.6) is 0 Å². The number of carbonyl (C=O) groups is 1. The molecule has 0 aliphatic heterocycles. The molecular formula is C18H25FN4O3S. The van der Waals surface area contributed by atoms with Crippen molar-refractivity contribution in [3.05, 3.63) is 47.0 Å². The molecule has 1 aromatic carbocycles. The van der Waals surface area contributed by atoms with Crippen LogP contribution in [0.1, 0.15) is 50.6 Å². The molecule has 1 heterocycles. The standard InChI is InChI=1S/C18H25FN4O3S/c1-11(12-6-7-15(14(19)8-12)23-27(5,25)26)17(24)20-10-13-9-16(22-21-13)18(2,3)4/h6-9,11,23H,10H2,1-5H3,(H,20,24)(H,21,22)/t11-/m0/s1. The van der Waals surface area contributed by atoms with Crippen LogP contribution < -0.4 is 10.0 Å². The van der Waals surface area contributed by atoms with E-state index in [-0.39, 0.29) is 23.6 Å². The molecule has 148 valence electrons. The van der Waals surface area contributed by atoms with Gasteiger partial charge in [-0.15, -0.1) is 0 Å². The van der Waals surface area contributed by atoms with Gasteiger partial charge in [0.05, 0.1) is 35.8 Å². The zero-order valence-corrected chi connectivity index (χ0v) is 16.9. The molecule has 7 nitrogen and oxygen atoms in total. The van der Waals surface area contributed by atoms with Gasteiger partial charge in [-0.1, -0.05) is 26.8 Å². The number of anilines is 1. The number of H-pyrrole nitrogens is 1. The Kier molecular flexibility index (Phi) is 5.94. The highest BCUT2D eigenvalue weighted by Crippen LogP contribution is 2.23. The number of aromatic amines is 1. The molecule has 0 aliphatic rings. The number of benzene rings is 1. The minimum absolute atomic E-state index is 0.0919. The van der Waals surface area contributed by atoms with E-state index in [0.717, 1.165) is 23.7 Å². The van der Waals surface area contributed by atoms with Gasteiger partial charge in [-0.3, -0.25) is 14.6 Å². The van der Waals surface area contributed by atoms with Crippen LogP contribution in [0, 0.1) is 5.82 Å². The van der Waals surface area contributed by atoms with E-state index in [9.17, 15) is 17.6 Å². The van der Waals surface area contributed by atoms with E-state index in [1.54, 1.807) is 6.92 Å². The highest BCUT2D eigenvalue weighted by molar-refractivity contribution is 7.92. The second-order valence-electron chi connectivity index (χ2n) is 7.58. The van der Waals surface area contributed by atoms with Gasteiger partial charge in [-0.2, -0.15) is 5.10 Å². The molecule has 0 radical (unpaired) electrons. The summed E-state index contributed by atoms with van der Waals surface area (Å²) in [6.45, 7) is 8.07. The first-order valence-electron chi connectivity index (χ1n) is 8.46. The summed E-state index contributed by atoms with van der Waals surface area (Å²) in [5.74, 6) is -1.61. The van der Waals surface area contributed by atoms with Crippen LogP contribution in [0.25, 0.3) is 0 Å². The Bertz CT molecular complexity index is 932. The Morgan fingerprint density at radius 1 is 1.30 bits per heavy atom. The maximum absolute atomic E-state index is 14.1.